The summed E-state index contributed by atoms with van der Waals surface area (Å²) in [7, 11) is 0. The van der Waals surface area contributed by atoms with E-state index in [4.69, 9.17) is 4.74 Å². The van der Waals surface area contributed by atoms with Gasteiger partial charge in [0, 0.05) is 17.9 Å². The van der Waals surface area contributed by atoms with Crippen molar-refractivity contribution in [3.63, 3.8) is 0 Å². The first-order valence-electron chi connectivity index (χ1n) is 8.94. The van der Waals surface area contributed by atoms with Crippen molar-refractivity contribution < 1.29 is 9.53 Å². The lowest BCUT2D eigenvalue weighted by Gasteiger charge is -2.24. The summed E-state index contributed by atoms with van der Waals surface area (Å²) < 4.78 is 7.34. The molecule has 0 aliphatic carbocycles. The Kier molecular flexibility index (Phi) is 4.50. The van der Waals surface area contributed by atoms with Crippen molar-refractivity contribution in [2.45, 2.75) is 19.3 Å². The molecule has 0 saturated heterocycles. The number of nitrogens with zero attached hydrogens (tertiary/aromatic N) is 2. The fourth-order valence-electron chi connectivity index (χ4n) is 3.35. The average Bonchev–Trinajstić information content (AvgIpc) is 3.10. The van der Waals surface area contributed by atoms with Crippen LogP contribution in [0.3, 0.4) is 0 Å². The van der Waals surface area contributed by atoms with Crippen molar-refractivity contribution in [2.24, 2.45) is 0 Å². The van der Waals surface area contributed by atoms with Crippen LogP contribution in [0.5, 0.6) is 5.75 Å². The Morgan fingerprint density at radius 1 is 1.22 bits per heavy atom. The normalized spacial score (nSPS) is 15.7. The number of ether oxygens (including phenoxy) is 1. The molecule has 0 saturated carbocycles. The van der Waals surface area contributed by atoms with Gasteiger partial charge in [-0.3, -0.25) is 4.79 Å². The zero-order valence-electron chi connectivity index (χ0n) is 15.2. The van der Waals surface area contributed by atoms with Gasteiger partial charge in [0.2, 0.25) is 5.91 Å². The first-order chi connectivity index (χ1) is 13.2. The van der Waals surface area contributed by atoms with E-state index in [1.165, 1.54) is 5.56 Å². The minimum Gasteiger partial charge on any atom is -0.490 e. The van der Waals surface area contributed by atoms with Gasteiger partial charge < -0.3 is 10.1 Å². The van der Waals surface area contributed by atoms with Crippen molar-refractivity contribution in [1.82, 2.24) is 9.78 Å². The van der Waals surface area contributed by atoms with Gasteiger partial charge in [0.15, 0.2) is 0 Å². The summed E-state index contributed by atoms with van der Waals surface area (Å²) >= 11 is 0. The molecule has 0 radical (unpaired) electrons. The second-order valence-corrected chi connectivity index (χ2v) is 6.67. The molecule has 0 unspecified atom stereocenters. The molecular formula is C22H21N3O2. The standard InChI is InChI=1S/C22H21N3O2/c1-3-12-27-18-10-6-16(7-11-18)19-13-21(26)24-22-20(19)14-23-25(22)17-8-4-15(2)5-9-17/h3-11,14,19H,1,12-13H2,2H3,(H,24,26)/t19-/m0/s1. The summed E-state index contributed by atoms with van der Waals surface area (Å²) in [5.74, 6) is 1.50. The molecule has 1 aliphatic heterocycles. The summed E-state index contributed by atoms with van der Waals surface area (Å²) in [4.78, 5) is 12.4. The van der Waals surface area contributed by atoms with Gasteiger partial charge in [-0.1, -0.05) is 42.5 Å². The quantitative estimate of drug-likeness (QED) is 0.694. The molecule has 1 aromatic heterocycles. The molecule has 136 valence electrons. The molecule has 1 atom stereocenters. The third kappa shape index (κ3) is 3.36. The minimum absolute atomic E-state index is 0.00616. The lowest BCUT2D eigenvalue weighted by molar-refractivity contribution is -0.116. The molecule has 0 fully saturated rings. The van der Waals surface area contributed by atoms with Crippen LogP contribution in [-0.2, 0) is 4.79 Å². The lowest BCUT2D eigenvalue weighted by atomic mass is 9.87. The average molecular weight is 359 g/mol. The predicted molar refractivity (Wildman–Crippen MR) is 106 cm³/mol. The third-order valence-corrected chi connectivity index (χ3v) is 4.75. The highest BCUT2D eigenvalue weighted by atomic mass is 16.5. The van der Waals surface area contributed by atoms with E-state index >= 15 is 0 Å². The fraction of sp³-hybridized carbons (Fsp3) is 0.182. The second kappa shape index (κ2) is 7.11. The largest absolute Gasteiger partial charge is 0.490 e. The van der Waals surface area contributed by atoms with E-state index < -0.39 is 0 Å². The Morgan fingerprint density at radius 3 is 2.67 bits per heavy atom. The molecular weight excluding hydrogens is 338 g/mol. The predicted octanol–water partition coefficient (Wildman–Crippen LogP) is 4.22. The Hall–Kier alpha value is -3.34. The van der Waals surface area contributed by atoms with Crippen LogP contribution in [0, 0.1) is 6.92 Å². The Bertz CT molecular complexity index is 972. The molecule has 0 spiro atoms. The van der Waals surface area contributed by atoms with Gasteiger partial charge in [-0.25, -0.2) is 4.68 Å². The molecule has 27 heavy (non-hydrogen) atoms. The molecule has 3 aromatic rings. The van der Waals surface area contributed by atoms with Crippen LogP contribution in [0.2, 0.25) is 0 Å². The van der Waals surface area contributed by atoms with Gasteiger partial charge in [0.25, 0.3) is 0 Å². The number of hydrogen-bond donors (Lipinski definition) is 1. The summed E-state index contributed by atoms with van der Waals surface area (Å²) in [6, 6.07) is 15.9. The van der Waals surface area contributed by atoms with Crippen LogP contribution in [0.15, 0.2) is 67.4 Å². The van der Waals surface area contributed by atoms with Crippen molar-refractivity contribution in [3.8, 4) is 11.4 Å². The van der Waals surface area contributed by atoms with Crippen LogP contribution in [0.4, 0.5) is 5.82 Å². The van der Waals surface area contributed by atoms with E-state index in [1.54, 1.807) is 10.8 Å². The number of benzene rings is 2. The second-order valence-electron chi connectivity index (χ2n) is 6.67. The van der Waals surface area contributed by atoms with Gasteiger partial charge in [0.05, 0.1) is 11.9 Å². The zero-order valence-corrected chi connectivity index (χ0v) is 15.2. The molecule has 4 rings (SSSR count). The Morgan fingerprint density at radius 2 is 1.96 bits per heavy atom. The Labute approximate surface area is 158 Å². The molecule has 5 heteroatoms. The number of rotatable bonds is 5. The number of carbonyl (C=O) groups excluding carboxylic acids is 1. The van der Waals surface area contributed by atoms with Gasteiger partial charge in [-0.05, 0) is 36.8 Å². The maximum Gasteiger partial charge on any atom is 0.226 e. The molecule has 1 aliphatic rings. The van der Waals surface area contributed by atoms with Gasteiger partial charge >= 0.3 is 0 Å². The van der Waals surface area contributed by atoms with Crippen molar-refractivity contribution in [1.29, 1.82) is 0 Å². The smallest absolute Gasteiger partial charge is 0.226 e. The number of anilines is 1. The van der Waals surface area contributed by atoms with Crippen LogP contribution < -0.4 is 10.1 Å². The SMILES string of the molecule is C=CCOc1ccc([C@@H]2CC(=O)Nc3c2cnn3-c2ccc(C)cc2)cc1. The zero-order chi connectivity index (χ0) is 18.8. The van der Waals surface area contributed by atoms with E-state index in [0.29, 0.717) is 13.0 Å². The summed E-state index contributed by atoms with van der Waals surface area (Å²) in [5, 5.41) is 7.52. The maximum absolute atomic E-state index is 12.4. The van der Waals surface area contributed by atoms with Gasteiger partial charge in [0.1, 0.15) is 18.2 Å². The first kappa shape index (κ1) is 17.1. The van der Waals surface area contributed by atoms with E-state index in [2.05, 4.69) is 17.0 Å². The van der Waals surface area contributed by atoms with Gasteiger partial charge in [-0.15, -0.1) is 0 Å². The highest BCUT2D eigenvalue weighted by Crippen LogP contribution is 2.38. The topological polar surface area (TPSA) is 56.1 Å². The molecule has 1 N–H and O–H groups in total. The van der Waals surface area contributed by atoms with Crippen LogP contribution >= 0.6 is 0 Å². The Balaban J connectivity index is 1.68. The van der Waals surface area contributed by atoms with E-state index in [-0.39, 0.29) is 11.8 Å². The highest BCUT2D eigenvalue weighted by molar-refractivity contribution is 5.94. The molecule has 0 bridgehead atoms. The third-order valence-electron chi connectivity index (χ3n) is 4.75. The summed E-state index contributed by atoms with van der Waals surface area (Å²) in [5.41, 5.74) is 4.20. The van der Waals surface area contributed by atoms with E-state index in [0.717, 1.165) is 28.4 Å². The number of amides is 1. The number of aromatic nitrogens is 2. The number of aryl methyl sites for hydroxylation is 1. The number of carbonyl (C=O) groups is 1. The summed E-state index contributed by atoms with van der Waals surface area (Å²) in [6.45, 7) is 6.17. The van der Waals surface area contributed by atoms with Crippen molar-refractivity contribution in [3.05, 3.63) is 84.1 Å². The highest BCUT2D eigenvalue weighted by Gasteiger charge is 2.30. The molecule has 1 amide bonds. The van der Waals surface area contributed by atoms with Crippen molar-refractivity contribution >= 4 is 11.7 Å². The maximum atomic E-state index is 12.4. The number of fused-ring (bicyclic) bond motifs is 1. The van der Waals surface area contributed by atoms with Crippen LogP contribution in [0.1, 0.15) is 29.0 Å². The van der Waals surface area contributed by atoms with E-state index in [9.17, 15) is 4.79 Å². The van der Waals surface area contributed by atoms with Crippen LogP contribution in [0.25, 0.3) is 5.69 Å². The van der Waals surface area contributed by atoms with Crippen molar-refractivity contribution in [2.75, 3.05) is 11.9 Å². The first-order valence-corrected chi connectivity index (χ1v) is 8.94. The fourth-order valence-corrected chi connectivity index (χ4v) is 3.35. The molecule has 2 aromatic carbocycles. The van der Waals surface area contributed by atoms with E-state index in [1.807, 2.05) is 61.7 Å². The number of nitrogens with one attached hydrogen (secondary N) is 1. The monoisotopic (exact) mass is 359 g/mol. The molecule has 5 nitrogen and oxygen atoms in total. The minimum atomic E-state index is -0.0265. The van der Waals surface area contributed by atoms with Crippen LogP contribution in [-0.4, -0.2) is 22.3 Å². The summed E-state index contributed by atoms with van der Waals surface area (Å²) in [6.07, 6.45) is 3.96. The number of hydrogen-bond acceptors (Lipinski definition) is 3. The van der Waals surface area contributed by atoms with Gasteiger partial charge in [-0.2, -0.15) is 5.10 Å². The lowest BCUT2D eigenvalue weighted by Crippen LogP contribution is -2.24. The molecule has 2 heterocycles.